The van der Waals surface area contributed by atoms with Crippen molar-refractivity contribution in [2.24, 2.45) is 0 Å². The number of amides is 1. The molecule has 23 heavy (non-hydrogen) atoms. The van der Waals surface area contributed by atoms with Crippen LogP contribution in [0.4, 0.5) is 0 Å². The van der Waals surface area contributed by atoms with E-state index in [9.17, 15) is 4.79 Å². The third kappa shape index (κ3) is 4.66. The van der Waals surface area contributed by atoms with E-state index in [1.807, 2.05) is 67.3 Å². The van der Waals surface area contributed by atoms with Crippen LogP contribution in [0.15, 0.2) is 36.7 Å². The van der Waals surface area contributed by atoms with E-state index in [2.05, 4.69) is 17.3 Å². The van der Waals surface area contributed by atoms with E-state index in [1.165, 1.54) is 5.56 Å². The summed E-state index contributed by atoms with van der Waals surface area (Å²) in [6, 6.07) is 7.81. The summed E-state index contributed by atoms with van der Waals surface area (Å²) < 4.78 is 1.91. The predicted octanol–water partition coefficient (Wildman–Crippen LogP) is 2.52. The van der Waals surface area contributed by atoms with E-state index in [1.54, 1.807) is 0 Å². The Morgan fingerprint density at radius 1 is 1.30 bits per heavy atom. The van der Waals surface area contributed by atoms with Gasteiger partial charge in [-0.25, -0.2) is 0 Å². The lowest BCUT2D eigenvalue weighted by atomic mass is 10.0. The van der Waals surface area contributed by atoms with Gasteiger partial charge >= 0.3 is 0 Å². The number of nitrogens with one attached hydrogen (secondary N) is 1. The fourth-order valence-corrected chi connectivity index (χ4v) is 2.57. The SMILES string of the molecule is CCCn1cc(CNC(=O)[C@@H](c2ccc(C)cc2)N(C)C)cn1. The van der Waals surface area contributed by atoms with Crippen molar-refractivity contribution in [3.8, 4) is 0 Å². The van der Waals surface area contributed by atoms with E-state index in [4.69, 9.17) is 0 Å². The first-order valence-corrected chi connectivity index (χ1v) is 8.03. The van der Waals surface area contributed by atoms with E-state index >= 15 is 0 Å². The van der Waals surface area contributed by atoms with Crippen molar-refractivity contribution >= 4 is 5.91 Å². The maximum absolute atomic E-state index is 12.6. The molecule has 1 aromatic heterocycles. The van der Waals surface area contributed by atoms with Crippen molar-refractivity contribution < 1.29 is 4.79 Å². The first-order valence-electron chi connectivity index (χ1n) is 8.03. The Kier molecular flexibility index (Phi) is 5.93. The van der Waals surface area contributed by atoms with Crippen LogP contribution in [0.2, 0.25) is 0 Å². The minimum atomic E-state index is -0.290. The lowest BCUT2D eigenvalue weighted by Gasteiger charge is -2.24. The average molecular weight is 314 g/mol. The molecule has 0 aliphatic heterocycles. The summed E-state index contributed by atoms with van der Waals surface area (Å²) in [7, 11) is 3.84. The van der Waals surface area contributed by atoms with E-state index in [-0.39, 0.29) is 11.9 Å². The molecule has 0 fully saturated rings. The van der Waals surface area contributed by atoms with Gasteiger partial charge in [-0.05, 0) is 33.0 Å². The second kappa shape index (κ2) is 7.92. The van der Waals surface area contributed by atoms with Gasteiger partial charge in [0.2, 0.25) is 5.91 Å². The zero-order valence-corrected chi connectivity index (χ0v) is 14.4. The average Bonchev–Trinajstić information content (AvgIpc) is 2.95. The van der Waals surface area contributed by atoms with Crippen molar-refractivity contribution in [1.29, 1.82) is 0 Å². The van der Waals surface area contributed by atoms with E-state index in [0.29, 0.717) is 6.54 Å². The quantitative estimate of drug-likeness (QED) is 0.854. The van der Waals surface area contributed by atoms with Crippen LogP contribution in [-0.2, 0) is 17.9 Å². The monoisotopic (exact) mass is 314 g/mol. The van der Waals surface area contributed by atoms with Crippen LogP contribution in [-0.4, -0.2) is 34.7 Å². The Hall–Kier alpha value is -2.14. The zero-order valence-electron chi connectivity index (χ0n) is 14.4. The molecule has 0 bridgehead atoms. The second-order valence-corrected chi connectivity index (χ2v) is 6.11. The smallest absolute Gasteiger partial charge is 0.242 e. The van der Waals surface area contributed by atoms with Gasteiger partial charge < -0.3 is 5.32 Å². The number of likely N-dealkylation sites (N-methyl/N-ethyl adjacent to an activating group) is 1. The maximum Gasteiger partial charge on any atom is 0.242 e. The lowest BCUT2D eigenvalue weighted by molar-refractivity contribution is -0.125. The second-order valence-electron chi connectivity index (χ2n) is 6.11. The number of carbonyl (C=O) groups is 1. The van der Waals surface area contributed by atoms with Gasteiger partial charge in [0.05, 0.1) is 6.20 Å². The fourth-order valence-electron chi connectivity index (χ4n) is 2.57. The van der Waals surface area contributed by atoms with Gasteiger partial charge in [0.25, 0.3) is 0 Å². The van der Waals surface area contributed by atoms with Crippen molar-refractivity contribution in [3.63, 3.8) is 0 Å². The van der Waals surface area contributed by atoms with Crippen LogP contribution < -0.4 is 5.32 Å². The summed E-state index contributed by atoms with van der Waals surface area (Å²) in [4.78, 5) is 14.5. The van der Waals surface area contributed by atoms with Gasteiger partial charge in [0.1, 0.15) is 6.04 Å². The molecule has 0 aliphatic rings. The molecule has 0 saturated heterocycles. The molecule has 5 nitrogen and oxygen atoms in total. The highest BCUT2D eigenvalue weighted by atomic mass is 16.2. The predicted molar refractivity (Wildman–Crippen MR) is 92.0 cm³/mol. The molecule has 1 N–H and O–H groups in total. The normalized spacial score (nSPS) is 12.4. The highest BCUT2D eigenvalue weighted by Gasteiger charge is 2.22. The number of benzene rings is 1. The summed E-state index contributed by atoms with van der Waals surface area (Å²) in [5, 5.41) is 7.30. The molecule has 5 heteroatoms. The molecule has 0 aliphatic carbocycles. The molecule has 1 atom stereocenters. The van der Waals surface area contributed by atoms with Gasteiger partial charge in [0.15, 0.2) is 0 Å². The summed E-state index contributed by atoms with van der Waals surface area (Å²) in [6.45, 7) is 5.56. The highest BCUT2D eigenvalue weighted by Crippen LogP contribution is 2.19. The third-order valence-corrected chi connectivity index (χ3v) is 3.76. The Labute approximate surface area is 138 Å². The number of hydrogen-bond donors (Lipinski definition) is 1. The van der Waals surface area contributed by atoms with Crippen molar-refractivity contribution in [2.45, 2.75) is 39.4 Å². The minimum Gasteiger partial charge on any atom is -0.350 e. The molecule has 2 rings (SSSR count). The Morgan fingerprint density at radius 2 is 2.00 bits per heavy atom. The fraction of sp³-hybridized carbons (Fsp3) is 0.444. The first kappa shape index (κ1) is 17.2. The largest absolute Gasteiger partial charge is 0.350 e. The van der Waals surface area contributed by atoms with Gasteiger partial charge in [0, 0.05) is 24.8 Å². The van der Waals surface area contributed by atoms with Gasteiger partial charge in [-0.3, -0.25) is 14.4 Å². The molecule has 124 valence electrons. The number of hydrogen-bond acceptors (Lipinski definition) is 3. The van der Waals surface area contributed by atoms with Crippen LogP contribution in [0.3, 0.4) is 0 Å². The number of aryl methyl sites for hydroxylation is 2. The van der Waals surface area contributed by atoms with Crippen LogP contribution in [0.5, 0.6) is 0 Å². The van der Waals surface area contributed by atoms with Gasteiger partial charge in [-0.1, -0.05) is 36.8 Å². The minimum absolute atomic E-state index is 0.00194. The first-order chi connectivity index (χ1) is 11.0. The lowest BCUT2D eigenvalue weighted by Crippen LogP contribution is -2.36. The van der Waals surface area contributed by atoms with E-state index in [0.717, 1.165) is 24.1 Å². The van der Waals surface area contributed by atoms with Crippen LogP contribution >= 0.6 is 0 Å². The molecule has 0 radical (unpaired) electrons. The Balaban J connectivity index is 2.02. The van der Waals surface area contributed by atoms with Gasteiger partial charge in [-0.2, -0.15) is 5.10 Å². The highest BCUT2D eigenvalue weighted by molar-refractivity contribution is 5.83. The molecule has 1 heterocycles. The van der Waals surface area contributed by atoms with Gasteiger partial charge in [-0.15, -0.1) is 0 Å². The zero-order chi connectivity index (χ0) is 16.8. The molecule has 1 aromatic carbocycles. The summed E-state index contributed by atoms with van der Waals surface area (Å²) >= 11 is 0. The number of aromatic nitrogens is 2. The standard InChI is InChI=1S/C18H26N4O/c1-5-10-22-13-15(12-20-22)11-19-18(23)17(21(3)4)16-8-6-14(2)7-9-16/h6-9,12-13,17H,5,10-11H2,1-4H3,(H,19,23)/t17-/m1/s1. The number of carbonyl (C=O) groups excluding carboxylic acids is 1. The van der Waals surface area contributed by atoms with E-state index < -0.39 is 0 Å². The van der Waals surface area contributed by atoms with Crippen LogP contribution in [0.25, 0.3) is 0 Å². The summed E-state index contributed by atoms with van der Waals surface area (Å²) in [5.41, 5.74) is 3.21. The van der Waals surface area contributed by atoms with Crippen molar-refractivity contribution in [3.05, 3.63) is 53.3 Å². The van der Waals surface area contributed by atoms with Crippen molar-refractivity contribution in [1.82, 2.24) is 20.0 Å². The third-order valence-electron chi connectivity index (χ3n) is 3.76. The van der Waals surface area contributed by atoms with Crippen LogP contribution in [0.1, 0.15) is 36.1 Å². The molecule has 1 amide bonds. The topological polar surface area (TPSA) is 50.2 Å². The Morgan fingerprint density at radius 3 is 2.61 bits per heavy atom. The number of rotatable bonds is 7. The molecule has 0 unspecified atom stereocenters. The number of nitrogens with zero attached hydrogens (tertiary/aromatic N) is 3. The van der Waals surface area contributed by atoms with Crippen molar-refractivity contribution in [2.75, 3.05) is 14.1 Å². The molecular weight excluding hydrogens is 288 g/mol. The molecule has 2 aromatic rings. The Bertz CT molecular complexity index is 631. The van der Waals surface area contributed by atoms with Crippen LogP contribution in [0, 0.1) is 6.92 Å². The molecule has 0 spiro atoms. The summed E-state index contributed by atoms with van der Waals surface area (Å²) in [6.07, 6.45) is 4.84. The maximum atomic E-state index is 12.6. The summed E-state index contributed by atoms with van der Waals surface area (Å²) in [5.74, 6) is 0.00194. The molecule has 0 saturated carbocycles. The molecular formula is C18H26N4O.